The maximum absolute atomic E-state index is 11.5. The molecule has 0 bridgehead atoms. The first kappa shape index (κ1) is 19.5. The Hall–Kier alpha value is -2.50. The molecule has 132 valence electrons. The van der Waals surface area contributed by atoms with Crippen molar-refractivity contribution in [1.82, 2.24) is 5.32 Å². The molecule has 1 amide bonds. The molecule has 0 spiro atoms. The molecule has 6 nitrogen and oxygen atoms in total. The molecular formula is C18H25NO5. The van der Waals surface area contributed by atoms with Gasteiger partial charge in [0, 0.05) is 12.1 Å². The summed E-state index contributed by atoms with van der Waals surface area (Å²) in [7, 11) is 1.56. The Morgan fingerprint density at radius 2 is 2.00 bits per heavy atom. The Labute approximate surface area is 142 Å². The van der Waals surface area contributed by atoms with Crippen LogP contribution in [0.4, 0.5) is 4.79 Å². The highest BCUT2D eigenvalue weighted by atomic mass is 16.6. The zero-order chi connectivity index (χ0) is 18.2. The molecule has 24 heavy (non-hydrogen) atoms. The van der Waals surface area contributed by atoms with Crippen LogP contribution in [0.1, 0.15) is 38.3 Å². The van der Waals surface area contributed by atoms with Crippen LogP contribution in [0.25, 0.3) is 6.08 Å². The van der Waals surface area contributed by atoms with Crippen LogP contribution in [0.2, 0.25) is 0 Å². The van der Waals surface area contributed by atoms with Gasteiger partial charge in [-0.3, -0.25) is 4.79 Å². The van der Waals surface area contributed by atoms with Gasteiger partial charge in [0.2, 0.25) is 0 Å². The van der Waals surface area contributed by atoms with E-state index in [2.05, 4.69) is 5.32 Å². The second-order valence-electron chi connectivity index (χ2n) is 6.27. The van der Waals surface area contributed by atoms with Crippen molar-refractivity contribution in [3.8, 4) is 5.75 Å². The number of aliphatic carboxylic acids is 1. The quantitative estimate of drug-likeness (QED) is 0.747. The number of carbonyl (C=O) groups excluding carboxylic acids is 1. The molecule has 0 aliphatic carbocycles. The lowest BCUT2D eigenvalue weighted by Crippen LogP contribution is -2.32. The summed E-state index contributed by atoms with van der Waals surface area (Å²) in [6.45, 7) is 5.87. The molecule has 0 heterocycles. The number of amides is 1. The second-order valence-corrected chi connectivity index (χ2v) is 6.27. The smallest absolute Gasteiger partial charge is 0.407 e. The minimum Gasteiger partial charge on any atom is -0.496 e. The molecule has 1 aromatic carbocycles. The van der Waals surface area contributed by atoms with Gasteiger partial charge in [-0.2, -0.15) is 0 Å². The number of benzene rings is 1. The van der Waals surface area contributed by atoms with Crippen LogP contribution in [0.3, 0.4) is 0 Å². The number of hydrogen-bond acceptors (Lipinski definition) is 4. The first-order chi connectivity index (χ1) is 11.2. The normalized spacial score (nSPS) is 11.3. The van der Waals surface area contributed by atoms with Gasteiger partial charge < -0.3 is 19.9 Å². The molecule has 0 saturated carbocycles. The van der Waals surface area contributed by atoms with E-state index in [0.29, 0.717) is 24.3 Å². The van der Waals surface area contributed by atoms with Gasteiger partial charge >= 0.3 is 12.1 Å². The van der Waals surface area contributed by atoms with Gasteiger partial charge in [0.25, 0.3) is 0 Å². The number of rotatable bonds is 7. The molecule has 0 atom stereocenters. The van der Waals surface area contributed by atoms with E-state index in [0.717, 1.165) is 5.56 Å². The molecule has 6 heteroatoms. The summed E-state index contributed by atoms with van der Waals surface area (Å²) >= 11 is 0. The summed E-state index contributed by atoms with van der Waals surface area (Å²) in [5.41, 5.74) is 0.987. The highest BCUT2D eigenvalue weighted by molar-refractivity contribution is 5.71. The first-order valence-electron chi connectivity index (χ1n) is 7.73. The fourth-order valence-electron chi connectivity index (χ4n) is 1.98. The van der Waals surface area contributed by atoms with Crippen molar-refractivity contribution >= 4 is 18.1 Å². The lowest BCUT2D eigenvalue weighted by atomic mass is 10.1. The molecule has 0 fully saturated rings. The number of methoxy groups -OCH3 is 1. The van der Waals surface area contributed by atoms with Gasteiger partial charge in [0.15, 0.2) is 0 Å². The molecule has 0 radical (unpaired) electrons. The Kier molecular flexibility index (Phi) is 7.30. The molecule has 0 saturated heterocycles. The third kappa shape index (κ3) is 7.67. The zero-order valence-corrected chi connectivity index (χ0v) is 14.6. The Balaban J connectivity index is 2.57. The molecule has 0 unspecified atom stereocenters. The van der Waals surface area contributed by atoms with Crippen LogP contribution in [-0.4, -0.2) is 36.4 Å². The van der Waals surface area contributed by atoms with Crippen molar-refractivity contribution in [2.24, 2.45) is 0 Å². The largest absolute Gasteiger partial charge is 0.496 e. The van der Waals surface area contributed by atoms with Gasteiger partial charge in [-0.15, -0.1) is 0 Å². The Bertz CT molecular complexity index is 602. The van der Waals surface area contributed by atoms with Crippen LogP contribution in [0.5, 0.6) is 5.75 Å². The van der Waals surface area contributed by atoms with E-state index in [9.17, 15) is 9.59 Å². The predicted molar refractivity (Wildman–Crippen MR) is 92.2 cm³/mol. The standard InChI is InChI=1S/C18H25NO5/c1-18(2,3)24-17(22)19-10-6-5-7-14-11-13(12-16(20)21)8-9-15(14)23-4/h5,7-9,11H,6,10,12H2,1-4H3,(H,19,22)(H,20,21). The maximum Gasteiger partial charge on any atom is 0.407 e. The number of carboxylic acid groups (broad SMARTS) is 1. The highest BCUT2D eigenvalue weighted by Crippen LogP contribution is 2.22. The van der Waals surface area contributed by atoms with Gasteiger partial charge in [0.05, 0.1) is 13.5 Å². The van der Waals surface area contributed by atoms with E-state index in [4.69, 9.17) is 14.6 Å². The van der Waals surface area contributed by atoms with Crippen molar-refractivity contribution in [2.75, 3.05) is 13.7 Å². The van der Waals surface area contributed by atoms with Crippen molar-refractivity contribution in [2.45, 2.75) is 39.2 Å². The van der Waals surface area contributed by atoms with E-state index >= 15 is 0 Å². The summed E-state index contributed by atoms with van der Waals surface area (Å²) < 4.78 is 10.4. The fraction of sp³-hybridized carbons (Fsp3) is 0.444. The predicted octanol–water partition coefficient (Wildman–Crippen LogP) is 3.25. The van der Waals surface area contributed by atoms with Crippen LogP contribution < -0.4 is 10.1 Å². The third-order valence-electron chi connectivity index (χ3n) is 2.93. The summed E-state index contributed by atoms with van der Waals surface area (Å²) in [6.07, 6.45) is 3.87. The fourth-order valence-corrected chi connectivity index (χ4v) is 1.98. The molecule has 0 aliphatic rings. The minimum atomic E-state index is -0.878. The summed E-state index contributed by atoms with van der Waals surface area (Å²) in [5.74, 6) is -0.211. The summed E-state index contributed by atoms with van der Waals surface area (Å²) in [6, 6.07) is 5.26. The van der Waals surface area contributed by atoms with Gasteiger partial charge in [-0.25, -0.2) is 4.79 Å². The van der Waals surface area contributed by atoms with Gasteiger partial charge in [-0.1, -0.05) is 18.2 Å². The van der Waals surface area contributed by atoms with Gasteiger partial charge in [-0.05, 0) is 44.9 Å². The third-order valence-corrected chi connectivity index (χ3v) is 2.93. The Morgan fingerprint density at radius 1 is 1.29 bits per heavy atom. The van der Waals surface area contributed by atoms with E-state index in [1.165, 1.54) is 0 Å². The van der Waals surface area contributed by atoms with Crippen molar-refractivity contribution in [3.63, 3.8) is 0 Å². The molecule has 2 N–H and O–H groups in total. The van der Waals surface area contributed by atoms with Crippen LogP contribution in [-0.2, 0) is 16.0 Å². The van der Waals surface area contributed by atoms with E-state index < -0.39 is 17.7 Å². The molecule has 1 aromatic rings. The number of alkyl carbamates (subject to hydrolysis) is 1. The average molecular weight is 335 g/mol. The molecule has 0 aromatic heterocycles. The summed E-state index contributed by atoms with van der Waals surface area (Å²) in [4.78, 5) is 22.3. The maximum atomic E-state index is 11.5. The SMILES string of the molecule is COc1ccc(CC(=O)O)cc1C=CCCNC(=O)OC(C)(C)C. The van der Waals surface area contributed by atoms with Crippen molar-refractivity contribution in [1.29, 1.82) is 0 Å². The van der Waals surface area contributed by atoms with Crippen molar-refractivity contribution in [3.05, 3.63) is 35.4 Å². The lowest BCUT2D eigenvalue weighted by molar-refractivity contribution is -0.136. The number of nitrogens with one attached hydrogen (secondary N) is 1. The van der Waals surface area contributed by atoms with Crippen LogP contribution >= 0.6 is 0 Å². The lowest BCUT2D eigenvalue weighted by Gasteiger charge is -2.19. The molecule has 1 rings (SSSR count). The second kappa shape index (κ2) is 8.96. The first-order valence-corrected chi connectivity index (χ1v) is 7.73. The summed E-state index contributed by atoms with van der Waals surface area (Å²) in [5, 5.41) is 11.5. The number of carbonyl (C=O) groups is 2. The number of hydrogen-bond donors (Lipinski definition) is 2. The van der Waals surface area contributed by atoms with Gasteiger partial charge in [0.1, 0.15) is 11.4 Å². The van der Waals surface area contributed by atoms with E-state index in [1.807, 2.05) is 32.9 Å². The van der Waals surface area contributed by atoms with E-state index in [-0.39, 0.29) is 6.42 Å². The van der Waals surface area contributed by atoms with Crippen molar-refractivity contribution < 1.29 is 24.2 Å². The van der Waals surface area contributed by atoms with Crippen LogP contribution in [0, 0.1) is 0 Å². The minimum absolute atomic E-state index is 0.0367. The van der Waals surface area contributed by atoms with Crippen LogP contribution in [0.15, 0.2) is 24.3 Å². The topological polar surface area (TPSA) is 84.9 Å². The molecule has 0 aliphatic heterocycles. The monoisotopic (exact) mass is 335 g/mol. The molecular weight excluding hydrogens is 310 g/mol. The number of ether oxygens (including phenoxy) is 2. The Morgan fingerprint density at radius 3 is 2.58 bits per heavy atom. The van der Waals surface area contributed by atoms with E-state index in [1.54, 1.807) is 25.3 Å². The average Bonchev–Trinajstić information content (AvgIpc) is 2.44. The zero-order valence-electron chi connectivity index (χ0n) is 14.6. The highest BCUT2D eigenvalue weighted by Gasteiger charge is 2.15. The number of carboxylic acids is 1.